The average Bonchev–Trinajstić information content (AvgIpc) is 2.72. The maximum atomic E-state index is 13.9. The number of pyridine rings is 1. The van der Waals surface area contributed by atoms with Gasteiger partial charge in [0.15, 0.2) is 9.84 Å². The smallest absolute Gasteiger partial charge is 0.309 e. The Morgan fingerprint density at radius 2 is 1.67 bits per heavy atom. The number of hydrogen-bond acceptors (Lipinski definition) is 4. The van der Waals surface area contributed by atoms with E-state index in [4.69, 9.17) is 0 Å². The molecule has 0 spiro atoms. The van der Waals surface area contributed by atoms with Crippen LogP contribution in [0.5, 0.6) is 0 Å². The van der Waals surface area contributed by atoms with Gasteiger partial charge in [-0.05, 0) is 61.4 Å². The van der Waals surface area contributed by atoms with Gasteiger partial charge in [-0.15, -0.1) is 0 Å². The number of amides is 1. The molecule has 0 unspecified atom stereocenters. The van der Waals surface area contributed by atoms with Crippen LogP contribution in [-0.4, -0.2) is 32.6 Å². The molecule has 0 bridgehead atoms. The molecule has 5 nitrogen and oxygen atoms in total. The van der Waals surface area contributed by atoms with Crippen molar-refractivity contribution in [1.82, 2.24) is 4.98 Å². The molecule has 0 aliphatic rings. The highest BCUT2D eigenvalue weighted by atomic mass is 32.2. The normalized spacial score (nSPS) is 12.0. The SMILES string of the molecule is Cc1cc(-c2cc(F)ccc2C)c(N(C)C(=O)c2cc(C(F)(F)F)cc(S(C)(=O)=O)c2)cn1. The van der Waals surface area contributed by atoms with Crippen LogP contribution in [0.4, 0.5) is 23.2 Å². The zero-order valence-corrected chi connectivity index (χ0v) is 19.0. The van der Waals surface area contributed by atoms with Gasteiger partial charge in [0.1, 0.15) is 5.82 Å². The van der Waals surface area contributed by atoms with Crippen LogP contribution in [-0.2, 0) is 16.0 Å². The van der Waals surface area contributed by atoms with Crippen molar-refractivity contribution in [2.24, 2.45) is 0 Å². The first-order valence-electron chi connectivity index (χ1n) is 9.62. The fourth-order valence-corrected chi connectivity index (χ4v) is 4.01. The van der Waals surface area contributed by atoms with Crippen molar-refractivity contribution in [3.8, 4) is 11.1 Å². The molecule has 0 aliphatic heterocycles. The Morgan fingerprint density at radius 1 is 1.00 bits per heavy atom. The van der Waals surface area contributed by atoms with Crippen LogP contribution < -0.4 is 4.90 Å². The van der Waals surface area contributed by atoms with Crippen LogP contribution in [0, 0.1) is 19.7 Å². The lowest BCUT2D eigenvalue weighted by atomic mass is 9.98. The highest BCUT2D eigenvalue weighted by Gasteiger charge is 2.33. The lowest BCUT2D eigenvalue weighted by Crippen LogP contribution is -2.27. The van der Waals surface area contributed by atoms with Crippen LogP contribution >= 0.6 is 0 Å². The zero-order valence-electron chi connectivity index (χ0n) is 18.2. The van der Waals surface area contributed by atoms with Crippen LogP contribution in [0.3, 0.4) is 0 Å². The van der Waals surface area contributed by atoms with E-state index < -0.39 is 43.8 Å². The van der Waals surface area contributed by atoms with Gasteiger partial charge >= 0.3 is 6.18 Å². The van der Waals surface area contributed by atoms with Gasteiger partial charge in [0, 0.05) is 30.1 Å². The van der Waals surface area contributed by atoms with Crippen molar-refractivity contribution < 1.29 is 30.8 Å². The van der Waals surface area contributed by atoms with E-state index in [-0.39, 0.29) is 5.69 Å². The van der Waals surface area contributed by atoms with Crippen molar-refractivity contribution in [3.05, 3.63) is 76.9 Å². The second kappa shape index (κ2) is 8.58. The summed E-state index contributed by atoms with van der Waals surface area (Å²) in [6.07, 6.45) is -2.74. The first-order valence-corrected chi connectivity index (χ1v) is 11.5. The Labute approximate surface area is 188 Å². The summed E-state index contributed by atoms with van der Waals surface area (Å²) in [7, 11) is -2.70. The molecule has 0 saturated carbocycles. The number of rotatable bonds is 4. The van der Waals surface area contributed by atoms with Gasteiger partial charge in [-0.1, -0.05) is 6.07 Å². The molecule has 0 saturated heterocycles. The minimum Gasteiger partial charge on any atom is -0.309 e. The summed E-state index contributed by atoms with van der Waals surface area (Å²) >= 11 is 0. The number of aromatic nitrogens is 1. The van der Waals surface area contributed by atoms with E-state index in [1.165, 1.54) is 25.4 Å². The van der Waals surface area contributed by atoms with Crippen LogP contribution in [0.2, 0.25) is 0 Å². The molecule has 1 aromatic heterocycles. The average molecular weight is 480 g/mol. The highest BCUT2D eigenvalue weighted by molar-refractivity contribution is 7.90. The zero-order chi connectivity index (χ0) is 24.7. The number of benzene rings is 2. The molecule has 3 aromatic rings. The lowest BCUT2D eigenvalue weighted by Gasteiger charge is -2.22. The molecule has 0 N–H and O–H groups in total. The van der Waals surface area contributed by atoms with Gasteiger partial charge in [0.25, 0.3) is 5.91 Å². The van der Waals surface area contributed by atoms with Crippen molar-refractivity contribution in [1.29, 1.82) is 0 Å². The van der Waals surface area contributed by atoms with Gasteiger partial charge in [-0.3, -0.25) is 9.78 Å². The van der Waals surface area contributed by atoms with Crippen LogP contribution in [0.15, 0.2) is 53.6 Å². The Bertz CT molecular complexity index is 1350. The van der Waals surface area contributed by atoms with E-state index in [1.54, 1.807) is 26.0 Å². The number of alkyl halides is 3. The molecule has 2 aromatic carbocycles. The first kappa shape index (κ1) is 24.4. The molecule has 10 heteroatoms. The van der Waals surface area contributed by atoms with E-state index in [2.05, 4.69) is 4.98 Å². The highest BCUT2D eigenvalue weighted by Crippen LogP contribution is 2.35. The third-order valence-corrected chi connectivity index (χ3v) is 6.18. The van der Waals surface area contributed by atoms with Crippen molar-refractivity contribution >= 4 is 21.4 Å². The first-order chi connectivity index (χ1) is 15.2. The Kier molecular flexibility index (Phi) is 6.34. The number of aryl methyl sites for hydroxylation is 2. The Balaban J connectivity index is 2.17. The molecule has 0 fully saturated rings. The second-order valence-corrected chi connectivity index (χ2v) is 9.70. The largest absolute Gasteiger partial charge is 0.416 e. The van der Waals surface area contributed by atoms with Gasteiger partial charge in [0.05, 0.1) is 22.3 Å². The number of anilines is 1. The number of carbonyl (C=O) groups excluding carboxylic acids is 1. The van der Waals surface area contributed by atoms with Gasteiger partial charge in [-0.25, -0.2) is 12.8 Å². The minimum absolute atomic E-state index is 0.220. The topological polar surface area (TPSA) is 67.3 Å². The molecule has 0 aliphatic carbocycles. The van der Waals surface area contributed by atoms with Crippen molar-refractivity contribution in [2.45, 2.75) is 24.9 Å². The number of sulfone groups is 1. The summed E-state index contributed by atoms with van der Waals surface area (Å²) in [6, 6.07) is 7.77. The number of carbonyl (C=O) groups is 1. The quantitative estimate of drug-likeness (QED) is 0.481. The summed E-state index contributed by atoms with van der Waals surface area (Å²) in [5.41, 5.74) is 0.721. The van der Waals surface area contributed by atoms with E-state index in [0.29, 0.717) is 34.5 Å². The predicted octanol–water partition coefficient (Wildman–Crippen LogP) is 5.20. The summed E-state index contributed by atoms with van der Waals surface area (Å²) in [6.45, 7) is 3.45. The third-order valence-electron chi connectivity index (χ3n) is 5.08. The number of nitrogens with zero attached hydrogens (tertiary/aromatic N) is 2. The maximum Gasteiger partial charge on any atom is 0.416 e. The van der Waals surface area contributed by atoms with Gasteiger partial charge in [0.2, 0.25) is 0 Å². The van der Waals surface area contributed by atoms with Crippen molar-refractivity contribution in [2.75, 3.05) is 18.2 Å². The molecule has 1 heterocycles. The molecular weight excluding hydrogens is 460 g/mol. The fourth-order valence-electron chi connectivity index (χ4n) is 3.32. The van der Waals surface area contributed by atoms with Crippen LogP contribution in [0.25, 0.3) is 11.1 Å². The Hall–Kier alpha value is -3.27. The predicted molar refractivity (Wildman–Crippen MR) is 116 cm³/mol. The summed E-state index contributed by atoms with van der Waals surface area (Å²) in [5, 5.41) is 0. The molecule has 3 rings (SSSR count). The van der Waals surface area contributed by atoms with E-state index >= 15 is 0 Å². The van der Waals surface area contributed by atoms with Gasteiger partial charge in [-0.2, -0.15) is 13.2 Å². The van der Waals surface area contributed by atoms with Gasteiger partial charge < -0.3 is 4.90 Å². The molecule has 174 valence electrons. The van der Waals surface area contributed by atoms with E-state index in [1.807, 2.05) is 0 Å². The van der Waals surface area contributed by atoms with E-state index in [9.17, 15) is 30.8 Å². The third kappa shape index (κ3) is 5.22. The molecule has 1 amide bonds. The summed E-state index contributed by atoms with van der Waals surface area (Å²) < 4.78 is 77.9. The molecule has 0 radical (unpaired) electrons. The maximum absolute atomic E-state index is 13.9. The number of hydrogen-bond donors (Lipinski definition) is 0. The van der Waals surface area contributed by atoms with Crippen molar-refractivity contribution in [3.63, 3.8) is 0 Å². The monoisotopic (exact) mass is 480 g/mol. The molecular formula is C23H20F4N2O3S. The van der Waals surface area contributed by atoms with E-state index in [0.717, 1.165) is 17.2 Å². The lowest BCUT2D eigenvalue weighted by molar-refractivity contribution is -0.137. The molecule has 0 atom stereocenters. The second-order valence-electron chi connectivity index (χ2n) is 7.68. The number of halogens is 4. The Morgan fingerprint density at radius 3 is 2.27 bits per heavy atom. The summed E-state index contributed by atoms with van der Waals surface area (Å²) in [4.78, 5) is 17.8. The summed E-state index contributed by atoms with van der Waals surface area (Å²) in [5.74, 6) is -1.38. The minimum atomic E-state index is -4.86. The fraction of sp³-hybridized carbons (Fsp3) is 0.217. The molecule has 33 heavy (non-hydrogen) atoms. The van der Waals surface area contributed by atoms with Crippen LogP contribution in [0.1, 0.15) is 27.2 Å². The standard InChI is InChI=1S/C23H20F4N2O3S/c1-13-5-6-17(24)11-19(13)20-7-14(2)28-12-21(20)29(3)22(30)15-8-16(23(25,26)27)10-18(9-15)33(4,31)32/h5-12H,1-4H3.